The van der Waals surface area contributed by atoms with Crippen LogP contribution < -0.4 is 5.43 Å². The zero-order valence-corrected chi connectivity index (χ0v) is 18.3. The second kappa shape index (κ2) is 9.79. The summed E-state index contributed by atoms with van der Waals surface area (Å²) in [5.74, 6) is 0.943. The number of imidazole rings is 1. The fourth-order valence-corrected chi connectivity index (χ4v) is 3.57. The van der Waals surface area contributed by atoms with Crippen LogP contribution in [-0.2, 0) is 6.54 Å². The van der Waals surface area contributed by atoms with E-state index in [9.17, 15) is 5.11 Å². The number of hydrogen-bond donors (Lipinski definition) is 2. The first kappa shape index (κ1) is 21.1. The van der Waals surface area contributed by atoms with E-state index in [1.165, 1.54) is 0 Å². The van der Waals surface area contributed by atoms with Gasteiger partial charge in [-0.05, 0) is 29.8 Å². The monoisotopic (exact) mass is 446 g/mol. The SMILES string of the molecule is Oc1ccccc1NN=C(N=Nc1nc2ccccc2n1Cc1ccccc1)c1ccccc1. The molecule has 0 spiro atoms. The molecule has 0 amide bonds. The fourth-order valence-electron chi connectivity index (χ4n) is 3.57. The van der Waals surface area contributed by atoms with Gasteiger partial charge in [0.15, 0.2) is 0 Å². The standard InChI is InChI=1S/C27H22N6O/c34-25-18-10-8-16-23(25)29-30-26(21-13-5-2-6-14-21)31-32-27-28-22-15-7-9-17-24(22)33(27)19-20-11-3-1-4-12-20/h1-18,29,34H,19H2. The minimum atomic E-state index is 0.0975. The van der Waals surface area contributed by atoms with Crippen LogP contribution in [-0.4, -0.2) is 20.5 Å². The molecule has 5 rings (SSSR count). The van der Waals surface area contributed by atoms with E-state index in [0.29, 0.717) is 24.0 Å². The van der Waals surface area contributed by atoms with E-state index in [-0.39, 0.29) is 5.75 Å². The lowest BCUT2D eigenvalue weighted by Gasteiger charge is -2.07. The summed E-state index contributed by atoms with van der Waals surface area (Å²) in [5, 5.41) is 23.4. The van der Waals surface area contributed by atoms with Crippen LogP contribution in [0, 0.1) is 0 Å². The van der Waals surface area contributed by atoms with Gasteiger partial charge >= 0.3 is 0 Å². The number of para-hydroxylation sites is 4. The lowest BCUT2D eigenvalue weighted by Crippen LogP contribution is -2.02. The van der Waals surface area contributed by atoms with Crippen molar-refractivity contribution in [2.45, 2.75) is 6.54 Å². The molecule has 7 heteroatoms. The van der Waals surface area contributed by atoms with Gasteiger partial charge < -0.3 is 9.67 Å². The molecule has 0 aliphatic carbocycles. The normalized spacial score (nSPS) is 11.8. The van der Waals surface area contributed by atoms with E-state index >= 15 is 0 Å². The Labute approximate surface area is 196 Å². The molecule has 0 aliphatic heterocycles. The number of hydrogen-bond acceptors (Lipinski definition) is 5. The molecule has 0 aliphatic rings. The summed E-state index contributed by atoms with van der Waals surface area (Å²) in [6.45, 7) is 0.615. The number of phenolic OH excluding ortho intramolecular Hbond substituents is 1. The Morgan fingerprint density at radius 2 is 1.47 bits per heavy atom. The van der Waals surface area contributed by atoms with E-state index in [1.54, 1.807) is 18.2 Å². The molecule has 4 aromatic carbocycles. The number of amidine groups is 1. The largest absolute Gasteiger partial charge is 0.506 e. The molecule has 7 nitrogen and oxygen atoms in total. The number of fused-ring (bicyclic) bond motifs is 1. The summed E-state index contributed by atoms with van der Waals surface area (Å²) in [6, 6.07) is 34.5. The van der Waals surface area contributed by atoms with Crippen LogP contribution in [0.1, 0.15) is 11.1 Å². The summed E-state index contributed by atoms with van der Waals surface area (Å²) < 4.78 is 2.03. The third-order valence-corrected chi connectivity index (χ3v) is 5.27. The predicted molar refractivity (Wildman–Crippen MR) is 135 cm³/mol. The first-order valence-electron chi connectivity index (χ1n) is 10.9. The van der Waals surface area contributed by atoms with Crippen LogP contribution in [0.2, 0.25) is 0 Å². The number of nitrogens with zero attached hydrogens (tertiary/aromatic N) is 5. The maximum absolute atomic E-state index is 10.1. The van der Waals surface area contributed by atoms with Gasteiger partial charge in [0.1, 0.15) is 5.75 Å². The van der Waals surface area contributed by atoms with Gasteiger partial charge in [-0.1, -0.05) is 84.9 Å². The minimum absolute atomic E-state index is 0.0975. The Balaban J connectivity index is 1.53. The molecular weight excluding hydrogens is 424 g/mol. The smallest absolute Gasteiger partial charge is 0.250 e. The summed E-state index contributed by atoms with van der Waals surface area (Å²) in [4.78, 5) is 4.69. The number of nitrogens with one attached hydrogen (secondary N) is 1. The maximum Gasteiger partial charge on any atom is 0.250 e. The Bertz CT molecular complexity index is 1460. The zero-order chi connectivity index (χ0) is 23.2. The molecule has 5 aromatic rings. The molecule has 0 unspecified atom stereocenters. The summed E-state index contributed by atoms with van der Waals surface area (Å²) >= 11 is 0. The Morgan fingerprint density at radius 1 is 0.794 bits per heavy atom. The van der Waals surface area contributed by atoms with Crippen molar-refractivity contribution >= 4 is 28.5 Å². The molecule has 1 heterocycles. The number of anilines is 1. The van der Waals surface area contributed by atoms with Gasteiger partial charge in [-0.2, -0.15) is 5.10 Å². The van der Waals surface area contributed by atoms with Crippen molar-refractivity contribution in [1.82, 2.24) is 9.55 Å². The Hall–Kier alpha value is -4.78. The van der Waals surface area contributed by atoms with Crippen LogP contribution in [0.15, 0.2) is 125 Å². The van der Waals surface area contributed by atoms with Crippen LogP contribution in [0.25, 0.3) is 11.0 Å². The number of benzene rings is 4. The van der Waals surface area contributed by atoms with Crippen LogP contribution in [0.4, 0.5) is 11.6 Å². The van der Waals surface area contributed by atoms with Crippen molar-refractivity contribution in [3.05, 3.63) is 120 Å². The topological polar surface area (TPSA) is 87.2 Å². The summed E-state index contributed by atoms with van der Waals surface area (Å²) in [7, 11) is 0. The molecule has 1 aromatic heterocycles. The van der Waals surface area contributed by atoms with Gasteiger partial charge in [-0.3, -0.25) is 5.43 Å². The Morgan fingerprint density at radius 3 is 2.26 bits per heavy atom. The third kappa shape index (κ3) is 4.68. The van der Waals surface area contributed by atoms with Gasteiger partial charge in [-0.15, -0.1) is 10.2 Å². The molecule has 34 heavy (non-hydrogen) atoms. The van der Waals surface area contributed by atoms with E-state index in [4.69, 9.17) is 4.98 Å². The van der Waals surface area contributed by atoms with Crippen LogP contribution >= 0.6 is 0 Å². The molecule has 2 N–H and O–H groups in total. The molecule has 0 fully saturated rings. The first-order chi connectivity index (χ1) is 16.8. The molecule has 0 saturated heterocycles. The fraction of sp³-hybridized carbons (Fsp3) is 0.0370. The van der Waals surface area contributed by atoms with E-state index in [1.807, 2.05) is 83.4 Å². The van der Waals surface area contributed by atoms with Crippen molar-refractivity contribution in [2.24, 2.45) is 15.3 Å². The van der Waals surface area contributed by atoms with Gasteiger partial charge in [0.25, 0.3) is 5.95 Å². The predicted octanol–water partition coefficient (Wildman–Crippen LogP) is 6.35. The van der Waals surface area contributed by atoms with Crippen LogP contribution in [0.5, 0.6) is 5.75 Å². The van der Waals surface area contributed by atoms with Gasteiger partial charge in [0.2, 0.25) is 5.84 Å². The highest BCUT2D eigenvalue weighted by atomic mass is 16.3. The molecule has 166 valence electrons. The highest BCUT2D eigenvalue weighted by Crippen LogP contribution is 2.25. The van der Waals surface area contributed by atoms with Crippen molar-refractivity contribution < 1.29 is 5.11 Å². The number of aromatic hydroxyl groups is 1. The van der Waals surface area contributed by atoms with E-state index < -0.39 is 0 Å². The first-order valence-corrected chi connectivity index (χ1v) is 10.9. The summed E-state index contributed by atoms with van der Waals surface area (Å²) in [6.07, 6.45) is 0. The van der Waals surface area contributed by atoms with E-state index in [2.05, 4.69) is 32.9 Å². The van der Waals surface area contributed by atoms with Crippen molar-refractivity contribution in [3.63, 3.8) is 0 Å². The quantitative estimate of drug-likeness (QED) is 0.105. The number of rotatable bonds is 6. The highest BCUT2D eigenvalue weighted by molar-refractivity contribution is 5.99. The maximum atomic E-state index is 10.1. The van der Waals surface area contributed by atoms with Gasteiger partial charge in [0.05, 0.1) is 23.3 Å². The lowest BCUT2D eigenvalue weighted by atomic mass is 10.2. The Kier molecular flexibility index (Phi) is 6.07. The lowest BCUT2D eigenvalue weighted by molar-refractivity contribution is 0.477. The molecular formula is C27H22N6O. The molecule has 0 saturated carbocycles. The number of phenols is 1. The molecule has 0 bridgehead atoms. The van der Waals surface area contributed by atoms with Crippen molar-refractivity contribution in [2.75, 3.05) is 5.43 Å². The molecule has 0 radical (unpaired) electrons. The summed E-state index contributed by atoms with van der Waals surface area (Å²) in [5.41, 5.74) is 7.10. The van der Waals surface area contributed by atoms with Crippen molar-refractivity contribution in [1.29, 1.82) is 0 Å². The van der Waals surface area contributed by atoms with Crippen LogP contribution in [0.3, 0.4) is 0 Å². The number of aromatic nitrogens is 2. The second-order valence-corrected chi connectivity index (χ2v) is 7.60. The molecule has 0 atom stereocenters. The minimum Gasteiger partial charge on any atom is -0.506 e. The highest BCUT2D eigenvalue weighted by Gasteiger charge is 2.11. The number of azo groups is 1. The third-order valence-electron chi connectivity index (χ3n) is 5.27. The van der Waals surface area contributed by atoms with E-state index in [0.717, 1.165) is 22.2 Å². The average Bonchev–Trinajstić information content (AvgIpc) is 3.23. The van der Waals surface area contributed by atoms with Crippen molar-refractivity contribution in [3.8, 4) is 5.75 Å². The van der Waals surface area contributed by atoms with Gasteiger partial charge in [-0.25, -0.2) is 4.98 Å². The average molecular weight is 447 g/mol. The second-order valence-electron chi connectivity index (χ2n) is 7.60. The number of hydrazone groups is 1. The zero-order valence-electron chi connectivity index (χ0n) is 18.3. The van der Waals surface area contributed by atoms with Gasteiger partial charge in [0, 0.05) is 5.56 Å².